The lowest BCUT2D eigenvalue weighted by molar-refractivity contribution is 0.0136. The fraction of sp³-hybridized carbons (Fsp3) is 0.562. The minimum Gasteiger partial charge on any atom is -0.494 e. The molecule has 1 aromatic carbocycles. The van der Waals surface area contributed by atoms with Gasteiger partial charge in [-0.15, -0.1) is 0 Å². The van der Waals surface area contributed by atoms with E-state index in [9.17, 15) is 4.79 Å². The zero-order valence-electron chi connectivity index (χ0n) is 13.5. The first-order chi connectivity index (χ1) is 10.5. The minimum absolute atomic E-state index is 0.0848. The van der Waals surface area contributed by atoms with E-state index in [1.54, 1.807) is 12.1 Å². The number of halogens is 2. The highest BCUT2D eigenvalue weighted by molar-refractivity contribution is 6.37. The van der Waals surface area contributed by atoms with Crippen LogP contribution in [0.3, 0.4) is 0 Å². The normalized spacial score (nSPS) is 15.7. The third-order valence-corrected chi connectivity index (χ3v) is 4.02. The second kappa shape index (κ2) is 9.23. The van der Waals surface area contributed by atoms with Crippen LogP contribution in [0.15, 0.2) is 12.1 Å². The van der Waals surface area contributed by atoms with Gasteiger partial charge in [0.05, 0.1) is 17.2 Å². The van der Waals surface area contributed by atoms with Crippen LogP contribution in [0.1, 0.15) is 37.0 Å². The summed E-state index contributed by atoms with van der Waals surface area (Å²) in [5.41, 5.74) is 0.195. The van der Waals surface area contributed by atoms with Gasteiger partial charge in [0.25, 0.3) is 0 Å². The van der Waals surface area contributed by atoms with Gasteiger partial charge in [-0.05, 0) is 32.0 Å². The number of hydrogen-bond acceptors (Lipinski definition) is 4. The molecule has 1 aliphatic rings. The summed E-state index contributed by atoms with van der Waals surface area (Å²) in [6.45, 7) is 5.83. The van der Waals surface area contributed by atoms with E-state index in [1.807, 2.05) is 13.8 Å². The monoisotopic (exact) mass is 347 g/mol. The number of benzene rings is 1. The fourth-order valence-electron chi connectivity index (χ4n) is 2.24. The molecule has 6 heteroatoms. The maximum atomic E-state index is 12.3. The first-order valence-electron chi connectivity index (χ1n) is 7.44. The summed E-state index contributed by atoms with van der Waals surface area (Å²) in [5, 5.41) is 0.622. The molecule has 1 heterocycles. The number of hydrogen-bond donors (Lipinski definition) is 0. The maximum Gasteiger partial charge on any atom is 0.343 e. The van der Waals surface area contributed by atoms with E-state index in [0.29, 0.717) is 5.02 Å². The van der Waals surface area contributed by atoms with E-state index in [4.69, 9.17) is 32.7 Å². The number of carbonyl (C=O) groups excluding carboxylic acids is 1. The third-order valence-electron chi connectivity index (χ3n) is 3.41. The summed E-state index contributed by atoms with van der Waals surface area (Å²) in [5.74, 6) is -0.221. The molecule has 0 radical (unpaired) electrons. The van der Waals surface area contributed by atoms with Crippen molar-refractivity contribution in [2.75, 3.05) is 27.2 Å². The number of esters is 1. The lowest BCUT2D eigenvalue weighted by Crippen LogP contribution is -2.35. The zero-order chi connectivity index (χ0) is 16.7. The van der Waals surface area contributed by atoms with Gasteiger partial charge in [0.2, 0.25) is 0 Å². The van der Waals surface area contributed by atoms with E-state index >= 15 is 0 Å². The van der Waals surface area contributed by atoms with E-state index < -0.39 is 5.97 Å². The number of likely N-dealkylation sites (tertiary alicyclic amines) is 1. The topological polar surface area (TPSA) is 38.8 Å². The minimum atomic E-state index is -0.482. The molecule has 1 fully saturated rings. The lowest BCUT2D eigenvalue weighted by Gasteiger charge is -2.28. The van der Waals surface area contributed by atoms with Gasteiger partial charge >= 0.3 is 5.97 Å². The molecular formula is C16H23Cl2NO3. The summed E-state index contributed by atoms with van der Waals surface area (Å²) in [4.78, 5) is 14.5. The van der Waals surface area contributed by atoms with Crippen molar-refractivity contribution in [1.82, 2.24) is 4.90 Å². The Hall–Kier alpha value is -0.970. The van der Waals surface area contributed by atoms with Gasteiger partial charge in [0.15, 0.2) is 5.75 Å². The van der Waals surface area contributed by atoms with Gasteiger partial charge in [-0.2, -0.15) is 0 Å². The average Bonchev–Trinajstić information content (AvgIpc) is 2.53. The molecule has 1 aliphatic heterocycles. The first kappa shape index (κ1) is 19.1. The molecule has 4 nitrogen and oxygen atoms in total. The Bertz CT molecular complexity index is 500. The number of methoxy groups -OCH3 is 1. The van der Waals surface area contributed by atoms with E-state index in [2.05, 4.69) is 11.9 Å². The van der Waals surface area contributed by atoms with Crippen molar-refractivity contribution in [2.45, 2.75) is 32.8 Å². The van der Waals surface area contributed by atoms with Crippen molar-refractivity contribution >= 4 is 29.2 Å². The standard InChI is InChI=1S/C14H17Cl2NO3.C2H6/c1-17-7-5-9(6-8-17)20-14(18)12-10(15)3-4-11(16)13(12)19-2;1-2/h3-4,9H,5-8H2,1-2H3;1-2H3. The molecule has 0 aromatic heterocycles. The number of ether oxygens (including phenoxy) is 2. The smallest absolute Gasteiger partial charge is 0.343 e. The van der Waals surface area contributed by atoms with Crippen LogP contribution in [0.25, 0.3) is 0 Å². The first-order valence-corrected chi connectivity index (χ1v) is 8.20. The summed E-state index contributed by atoms with van der Waals surface area (Å²) < 4.78 is 10.7. The molecule has 0 saturated carbocycles. The zero-order valence-corrected chi connectivity index (χ0v) is 15.0. The number of carbonyl (C=O) groups is 1. The summed E-state index contributed by atoms with van der Waals surface area (Å²) >= 11 is 12.1. The molecule has 0 aliphatic carbocycles. The van der Waals surface area contributed by atoms with Crippen LogP contribution in [0.4, 0.5) is 0 Å². The molecule has 0 atom stereocenters. The van der Waals surface area contributed by atoms with Crippen LogP contribution in [-0.4, -0.2) is 44.2 Å². The molecule has 22 heavy (non-hydrogen) atoms. The quantitative estimate of drug-likeness (QED) is 0.765. The summed E-state index contributed by atoms with van der Waals surface area (Å²) in [7, 11) is 3.50. The van der Waals surface area contributed by atoms with Gasteiger partial charge in [-0.3, -0.25) is 0 Å². The summed E-state index contributed by atoms with van der Waals surface area (Å²) in [6, 6.07) is 3.16. The average molecular weight is 348 g/mol. The highest BCUT2D eigenvalue weighted by atomic mass is 35.5. The highest BCUT2D eigenvalue weighted by Crippen LogP contribution is 2.34. The molecule has 1 aromatic rings. The van der Waals surface area contributed by atoms with E-state index in [1.165, 1.54) is 7.11 Å². The van der Waals surface area contributed by atoms with E-state index in [0.717, 1.165) is 25.9 Å². The van der Waals surface area contributed by atoms with Crippen LogP contribution in [0.5, 0.6) is 5.75 Å². The molecule has 0 spiro atoms. The second-order valence-corrected chi connectivity index (χ2v) is 5.66. The van der Waals surface area contributed by atoms with Crippen molar-refractivity contribution in [3.05, 3.63) is 27.7 Å². The SMILES string of the molecule is CC.COc1c(Cl)ccc(Cl)c1C(=O)OC1CCN(C)CC1. The molecule has 0 N–H and O–H groups in total. The fourth-order valence-corrected chi connectivity index (χ4v) is 2.70. The number of rotatable bonds is 3. The highest BCUT2D eigenvalue weighted by Gasteiger charge is 2.25. The van der Waals surface area contributed by atoms with Gasteiger partial charge in [0, 0.05) is 13.1 Å². The Balaban J connectivity index is 0.00000116. The maximum absolute atomic E-state index is 12.3. The molecule has 0 bridgehead atoms. The largest absolute Gasteiger partial charge is 0.494 e. The van der Waals surface area contributed by atoms with Crippen LogP contribution < -0.4 is 4.74 Å². The number of piperidine rings is 1. The van der Waals surface area contributed by atoms with E-state index in [-0.39, 0.29) is 22.4 Å². The molecule has 2 rings (SSSR count). The second-order valence-electron chi connectivity index (χ2n) is 4.85. The Labute approximate surface area is 142 Å². The van der Waals surface area contributed by atoms with Gasteiger partial charge in [-0.1, -0.05) is 37.0 Å². The number of nitrogens with zero attached hydrogens (tertiary/aromatic N) is 1. The van der Waals surface area contributed by atoms with Crippen LogP contribution in [0, 0.1) is 0 Å². The third kappa shape index (κ3) is 4.77. The molecule has 0 amide bonds. The van der Waals surface area contributed by atoms with Crippen LogP contribution in [0.2, 0.25) is 10.0 Å². The predicted octanol–water partition coefficient (Wildman–Crippen LogP) is 4.28. The van der Waals surface area contributed by atoms with Crippen molar-refractivity contribution < 1.29 is 14.3 Å². The Morgan fingerprint density at radius 1 is 1.18 bits per heavy atom. The predicted molar refractivity (Wildman–Crippen MR) is 90.3 cm³/mol. The van der Waals surface area contributed by atoms with Gasteiger partial charge in [-0.25, -0.2) is 4.79 Å². The van der Waals surface area contributed by atoms with Gasteiger partial charge < -0.3 is 14.4 Å². The Morgan fingerprint density at radius 3 is 2.27 bits per heavy atom. The Kier molecular flexibility index (Phi) is 8.01. The molecule has 124 valence electrons. The van der Waals surface area contributed by atoms with Crippen molar-refractivity contribution in [3.63, 3.8) is 0 Å². The summed E-state index contributed by atoms with van der Waals surface area (Å²) in [6.07, 6.45) is 1.56. The molecule has 0 unspecified atom stereocenters. The van der Waals surface area contributed by atoms with Crippen molar-refractivity contribution in [2.24, 2.45) is 0 Å². The van der Waals surface area contributed by atoms with Crippen molar-refractivity contribution in [1.29, 1.82) is 0 Å². The molecule has 1 saturated heterocycles. The van der Waals surface area contributed by atoms with Crippen LogP contribution in [-0.2, 0) is 4.74 Å². The molecular weight excluding hydrogens is 325 g/mol. The Morgan fingerprint density at radius 2 is 1.73 bits per heavy atom. The van der Waals surface area contributed by atoms with Gasteiger partial charge in [0.1, 0.15) is 11.7 Å². The van der Waals surface area contributed by atoms with Crippen molar-refractivity contribution in [3.8, 4) is 5.75 Å². The van der Waals surface area contributed by atoms with Crippen LogP contribution >= 0.6 is 23.2 Å². The lowest BCUT2D eigenvalue weighted by atomic mass is 10.1.